The first-order valence-corrected chi connectivity index (χ1v) is 5.63. The molecule has 0 heterocycles. The fourth-order valence-electron chi connectivity index (χ4n) is 0.922. The normalized spacial score (nSPS) is 10.6. The summed E-state index contributed by atoms with van der Waals surface area (Å²) in [5, 5.41) is 8.25. The highest BCUT2D eigenvalue weighted by Crippen LogP contribution is 2.10. The van der Waals surface area contributed by atoms with Crippen LogP contribution in [0.15, 0.2) is 24.3 Å². The maximum absolute atomic E-state index is 11.2. The van der Waals surface area contributed by atoms with Crippen molar-refractivity contribution in [3.05, 3.63) is 29.8 Å². The van der Waals surface area contributed by atoms with Gasteiger partial charge in [-0.15, -0.1) is 0 Å². The minimum Gasteiger partial charge on any atom is -0.283 e. The highest BCUT2D eigenvalue weighted by Gasteiger charge is 2.08. The predicted octanol–water partition coefficient (Wildman–Crippen LogP) is 1.26. The van der Waals surface area contributed by atoms with Gasteiger partial charge in [0.15, 0.2) is 5.75 Å². The molecule has 14 heavy (non-hydrogen) atoms. The Labute approximate surface area is 83.2 Å². The second kappa shape index (κ2) is 4.11. The van der Waals surface area contributed by atoms with Crippen LogP contribution in [0.5, 0.6) is 0 Å². The molecular weight excluding hydrogens is 200 g/mol. The second-order valence-corrected chi connectivity index (χ2v) is 4.61. The molecule has 0 aliphatic heterocycles. The van der Waals surface area contributed by atoms with Gasteiger partial charge in [-0.1, -0.05) is 17.7 Å². The van der Waals surface area contributed by atoms with Crippen LogP contribution in [0.25, 0.3) is 0 Å². The third kappa shape index (κ3) is 3.07. The molecule has 5 heteroatoms. The molecule has 74 valence electrons. The number of rotatable bonds is 3. The average Bonchev–Trinajstić information content (AvgIpc) is 2.08. The van der Waals surface area contributed by atoms with Crippen molar-refractivity contribution in [3.8, 4) is 6.07 Å². The quantitative estimate of drug-likeness (QED) is 0.816. The maximum atomic E-state index is 11.2. The predicted molar refractivity (Wildman–Crippen MR) is 54.2 cm³/mol. The van der Waals surface area contributed by atoms with Gasteiger partial charge in [0, 0.05) is 5.69 Å². The van der Waals surface area contributed by atoms with E-state index >= 15 is 0 Å². The second-order valence-electron chi connectivity index (χ2n) is 2.89. The minimum absolute atomic E-state index is 0.478. The van der Waals surface area contributed by atoms with Gasteiger partial charge in [0.1, 0.15) is 0 Å². The highest BCUT2D eigenvalue weighted by atomic mass is 32.2. The number of benzene rings is 1. The maximum Gasteiger partial charge on any atom is 0.246 e. The Kier molecular flexibility index (Phi) is 3.10. The summed E-state index contributed by atoms with van der Waals surface area (Å²) in [5.74, 6) is -0.527. The molecule has 0 aromatic heterocycles. The van der Waals surface area contributed by atoms with Gasteiger partial charge in [-0.3, -0.25) is 4.72 Å². The summed E-state index contributed by atoms with van der Waals surface area (Å²) in [5.41, 5.74) is 1.53. The molecule has 0 fully saturated rings. The van der Waals surface area contributed by atoms with Crippen molar-refractivity contribution in [2.75, 3.05) is 10.5 Å². The van der Waals surface area contributed by atoms with E-state index in [2.05, 4.69) is 4.72 Å². The first-order chi connectivity index (χ1) is 6.53. The van der Waals surface area contributed by atoms with Gasteiger partial charge in [0.25, 0.3) is 0 Å². The molecule has 0 bridgehead atoms. The van der Waals surface area contributed by atoms with E-state index in [1.807, 2.05) is 6.92 Å². The molecule has 4 nitrogen and oxygen atoms in total. The van der Waals surface area contributed by atoms with Crippen molar-refractivity contribution < 1.29 is 8.42 Å². The smallest absolute Gasteiger partial charge is 0.246 e. The molecule has 0 aliphatic rings. The zero-order valence-corrected chi connectivity index (χ0v) is 8.50. The molecule has 0 spiro atoms. The minimum atomic E-state index is -3.51. The molecule has 0 unspecified atom stereocenters. The van der Waals surface area contributed by atoms with E-state index in [0.29, 0.717) is 5.69 Å². The summed E-state index contributed by atoms with van der Waals surface area (Å²) >= 11 is 0. The van der Waals surface area contributed by atoms with Gasteiger partial charge < -0.3 is 0 Å². The van der Waals surface area contributed by atoms with Crippen molar-refractivity contribution >= 4 is 15.7 Å². The van der Waals surface area contributed by atoms with E-state index in [1.54, 1.807) is 30.3 Å². The molecule has 0 saturated heterocycles. The van der Waals surface area contributed by atoms with Crippen molar-refractivity contribution in [1.29, 1.82) is 5.26 Å². The Morgan fingerprint density at radius 2 is 1.93 bits per heavy atom. The number of sulfonamides is 1. The van der Waals surface area contributed by atoms with Crippen LogP contribution >= 0.6 is 0 Å². The van der Waals surface area contributed by atoms with Crippen molar-refractivity contribution in [1.82, 2.24) is 0 Å². The van der Waals surface area contributed by atoms with Crippen LogP contribution in [-0.2, 0) is 10.0 Å². The van der Waals surface area contributed by atoms with Crippen LogP contribution < -0.4 is 4.72 Å². The molecule has 1 N–H and O–H groups in total. The summed E-state index contributed by atoms with van der Waals surface area (Å²) in [6.45, 7) is 1.91. The molecule has 0 radical (unpaired) electrons. The van der Waals surface area contributed by atoms with E-state index in [4.69, 9.17) is 5.26 Å². The van der Waals surface area contributed by atoms with Crippen molar-refractivity contribution in [3.63, 3.8) is 0 Å². The summed E-state index contributed by atoms with van der Waals surface area (Å²) in [6, 6.07) is 8.49. The van der Waals surface area contributed by atoms with Crippen molar-refractivity contribution in [2.45, 2.75) is 6.92 Å². The van der Waals surface area contributed by atoms with Gasteiger partial charge in [-0.25, -0.2) is 8.42 Å². The number of aryl methyl sites for hydroxylation is 1. The van der Waals surface area contributed by atoms with E-state index in [1.165, 1.54) is 0 Å². The first kappa shape index (κ1) is 10.5. The van der Waals surface area contributed by atoms with Gasteiger partial charge in [0.05, 0.1) is 6.07 Å². The molecule has 0 atom stereocenters. The van der Waals surface area contributed by atoms with Crippen LogP contribution in [-0.4, -0.2) is 14.2 Å². The van der Waals surface area contributed by atoms with E-state index in [0.717, 1.165) is 5.56 Å². The first-order valence-electron chi connectivity index (χ1n) is 3.97. The third-order valence-corrected chi connectivity index (χ3v) is 2.64. The summed E-state index contributed by atoms with van der Waals surface area (Å²) in [7, 11) is -3.51. The van der Waals surface area contributed by atoms with Crippen LogP contribution in [0, 0.1) is 18.3 Å². The van der Waals surface area contributed by atoms with Crippen LogP contribution in [0.4, 0.5) is 5.69 Å². The monoisotopic (exact) mass is 210 g/mol. The van der Waals surface area contributed by atoms with E-state index < -0.39 is 15.8 Å². The Morgan fingerprint density at radius 3 is 2.43 bits per heavy atom. The lowest BCUT2D eigenvalue weighted by Gasteiger charge is -2.04. The number of anilines is 1. The number of hydrogen-bond donors (Lipinski definition) is 1. The SMILES string of the molecule is Cc1ccc(NS(=O)(=O)CC#N)cc1. The zero-order chi connectivity index (χ0) is 10.6. The third-order valence-electron chi connectivity index (χ3n) is 1.58. The largest absolute Gasteiger partial charge is 0.283 e. The molecule has 1 aromatic carbocycles. The Balaban J connectivity index is 2.80. The molecule has 0 saturated carbocycles. The Bertz CT molecular complexity index is 443. The van der Waals surface area contributed by atoms with Crippen LogP contribution in [0.3, 0.4) is 0 Å². The van der Waals surface area contributed by atoms with Gasteiger partial charge in [-0.2, -0.15) is 5.26 Å². The molecule has 1 rings (SSSR count). The number of nitriles is 1. The van der Waals surface area contributed by atoms with Crippen LogP contribution in [0.2, 0.25) is 0 Å². The number of nitrogens with one attached hydrogen (secondary N) is 1. The summed E-state index contributed by atoms with van der Waals surface area (Å²) in [4.78, 5) is 0. The summed E-state index contributed by atoms with van der Waals surface area (Å²) < 4.78 is 24.6. The fraction of sp³-hybridized carbons (Fsp3) is 0.222. The van der Waals surface area contributed by atoms with Crippen molar-refractivity contribution in [2.24, 2.45) is 0 Å². The standard InChI is InChI=1S/C9H10N2O2S/c1-8-2-4-9(5-3-8)11-14(12,13)7-6-10/h2-5,11H,7H2,1H3. The highest BCUT2D eigenvalue weighted by molar-refractivity contribution is 7.92. The zero-order valence-electron chi connectivity index (χ0n) is 7.69. The lowest BCUT2D eigenvalue weighted by atomic mass is 10.2. The topological polar surface area (TPSA) is 70.0 Å². The molecule has 0 amide bonds. The molecular formula is C9H10N2O2S. The number of hydrogen-bond acceptors (Lipinski definition) is 3. The molecule has 0 aliphatic carbocycles. The fourth-order valence-corrected chi connectivity index (χ4v) is 1.66. The van der Waals surface area contributed by atoms with Gasteiger partial charge in [0.2, 0.25) is 10.0 Å². The molecule has 1 aromatic rings. The van der Waals surface area contributed by atoms with E-state index in [9.17, 15) is 8.42 Å². The van der Waals surface area contributed by atoms with Gasteiger partial charge in [-0.05, 0) is 19.1 Å². The average molecular weight is 210 g/mol. The lowest BCUT2D eigenvalue weighted by molar-refractivity contribution is 0.604. The number of nitrogens with zero attached hydrogens (tertiary/aromatic N) is 1. The van der Waals surface area contributed by atoms with E-state index in [-0.39, 0.29) is 0 Å². The van der Waals surface area contributed by atoms with Gasteiger partial charge >= 0.3 is 0 Å². The lowest BCUT2D eigenvalue weighted by Crippen LogP contribution is -2.15. The van der Waals surface area contributed by atoms with Crippen LogP contribution in [0.1, 0.15) is 5.56 Å². The summed E-state index contributed by atoms with van der Waals surface area (Å²) in [6.07, 6.45) is 0. The Hall–Kier alpha value is -1.54. The Morgan fingerprint density at radius 1 is 1.36 bits per heavy atom.